The van der Waals surface area contributed by atoms with E-state index in [1.165, 1.54) is 0 Å². The molecule has 6 nitrogen and oxygen atoms in total. The van der Waals surface area contributed by atoms with Crippen LogP contribution in [0.25, 0.3) is 0 Å². The summed E-state index contributed by atoms with van der Waals surface area (Å²) < 4.78 is 5.68. The van der Waals surface area contributed by atoms with E-state index in [2.05, 4.69) is 10.3 Å². The molecule has 0 aliphatic heterocycles. The van der Waals surface area contributed by atoms with E-state index >= 15 is 0 Å². The van der Waals surface area contributed by atoms with Crippen molar-refractivity contribution in [3.05, 3.63) is 60.1 Å². The van der Waals surface area contributed by atoms with Crippen LogP contribution in [0, 0.1) is 34.0 Å². The molecule has 2 rings (SSSR count). The highest BCUT2D eigenvalue weighted by atomic mass is 16.5. The fraction of sp³-hybridized carbons (Fsp3) is 0. The first-order valence-corrected chi connectivity index (χ1v) is 6.17. The minimum absolute atomic E-state index is 0.132. The van der Waals surface area contributed by atoms with Gasteiger partial charge >= 0.3 is 0 Å². The fourth-order valence-corrected chi connectivity index (χ4v) is 1.61. The molecule has 0 amide bonds. The maximum absolute atomic E-state index is 9.08. The number of rotatable bonds is 4. The van der Waals surface area contributed by atoms with Crippen molar-refractivity contribution in [2.75, 3.05) is 5.32 Å². The normalized spacial score (nSPS) is 8.77. The van der Waals surface area contributed by atoms with Crippen LogP contribution in [0.1, 0.15) is 0 Å². The summed E-state index contributed by atoms with van der Waals surface area (Å²) in [6.45, 7) is 0. The van der Waals surface area contributed by atoms with Crippen LogP contribution in [0.4, 0.5) is 5.69 Å². The average Bonchev–Trinajstić information content (AvgIpc) is 2.57. The highest BCUT2D eigenvalue weighted by Crippen LogP contribution is 2.29. The van der Waals surface area contributed by atoms with Crippen LogP contribution in [0.15, 0.2) is 60.1 Å². The molecule has 1 heterocycles. The molecule has 104 valence electrons. The zero-order valence-electron chi connectivity index (χ0n) is 11.3. The summed E-state index contributed by atoms with van der Waals surface area (Å²) in [7, 11) is 0. The molecular weight excluding hydrogens is 278 g/mol. The molecule has 1 aromatic carbocycles. The summed E-state index contributed by atoms with van der Waals surface area (Å²) in [5, 5.41) is 29.5. The molecule has 0 aliphatic rings. The molecule has 1 aromatic heterocycles. The number of nitrogens with one attached hydrogen (secondary N) is 1. The fourth-order valence-electron chi connectivity index (χ4n) is 1.61. The largest absolute Gasteiger partial charge is 0.454 e. The maximum Gasteiger partial charge on any atom is 0.163 e. The second kappa shape index (κ2) is 7.09. The third kappa shape index (κ3) is 3.39. The Hall–Kier alpha value is -3.82. The molecule has 0 aliphatic carbocycles. The van der Waals surface area contributed by atoms with Crippen LogP contribution in [-0.4, -0.2) is 4.98 Å². The smallest absolute Gasteiger partial charge is 0.163 e. The van der Waals surface area contributed by atoms with Crippen molar-refractivity contribution in [3.8, 4) is 29.7 Å². The van der Waals surface area contributed by atoms with E-state index in [9.17, 15) is 0 Å². The summed E-state index contributed by atoms with van der Waals surface area (Å²) in [6, 6.07) is 15.5. The van der Waals surface area contributed by atoms with Gasteiger partial charge in [0.15, 0.2) is 11.3 Å². The number of benzene rings is 1. The molecule has 0 saturated heterocycles. The first kappa shape index (κ1) is 14.6. The Morgan fingerprint density at radius 1 is 1.00 bits per heavy atom. The zero-order chi connectivity index (χ0) is 15.8. The van der Waals surface area contributed by atoms with Gasteiger partial charge in [-0.05, 0) is 24.3 Å². The minimum atomic E-state index is -0.293. The summed E-state index contributed by atoms with van der Waals surface area (Å²) in [5.74, 6) is 0.971. The van der Waals surface area contributed by atoms with Crippen molar-refractivity contribution in [1.82, 2.24) is 4.98 Å². The van der Waals surface area contributed by atoms with E-state index in [0.29, 0.717) is 17.2 Å². The number of nitriles is 3. The average molecular weight is 287 g/mol. The van der Waals surface area contributed by atoms with E-state index in [1.54, 1.807) is 67.0 Å². The molecule has 0 unspecified atom stereocenters. The number of hydrogen-bond acceptors (Lipinski definition) is 6. The topological polar surface area (TPSA) is 106 Å². The lowest BCUT2D eigenvalue weighted by atomic mass is 10.2. The first-order valence-electron chi connectivity index (χ1n) is 6.17. The molecule has 1 N–H and O–H groups in total. The quantitative estimate of drug-likeness (QED) is 0.866. The van der Waals surface area contributed by atoms with Crippen LogP contribution in [-0.2, 0) is 0 Å². The van der Waals surface area contributed by atoms with Gasteiger partial charge in [0.25, 0.3) is 0 Å². The summed E-state index contributed by atoms with van der Waals surface area (Å²) in [6.07, 6.45) is 3.17. The second-order valence-corrected chi connectivity index (χ2v) is 4.00. The predicted octanol–water partition coefficient (Wildman–Crippen LogP) is 3.11. The SMILES string of the molecule is N#CC(C#N)=C(C#N)Nc1ccccc1Oc1cccnc1. The molecule has 0 atom stereocenters. The highest BCUT2D eigenvalue weighted by molar-refractivity contribution is 5.64. The van der Waals surface area contributed by atoms with Gasteiger partial charge in [0.1, 0.15) is 29.7 Å². The Labute approximate surface area is 127 Å². The molecule has 0 spiro atoms. The number of ether oxygens (including phenoxy) is 1. The first-order chi connectivity index (χ1) is 10.8. The molecule has 6 heteroatoms. The van der Waals surface area contributed by atoms with Gasteiger partial charge in [0, 0.05) is 6.20 Å². The Bertz CT molecular complexity index is 806. The van der Waals surface area contributed by atoms with Crippen LogP contribution in [0.3, 0.4) is 0 Å². The molecule has 0 bridgehead atoms. The van der Waals surface area contributed by atoms with E-state index in [-0.39, 0.29) is 11.3 Å². The van der Waals surface area contributed by atoms with Crippen LogP contribution in [0.2, 0.25) is 0 Å². The van der Waals surface area contributed by atoms with E-state index in [4.69, 9.17) is 20.5 Å². The van der Waals surface area contributed by atoms with Crippen molar-refractivity contribution in [1.29, 1.82) is 15.8 Å². The summed E-state index contributed by atoms with van der Waals surface area (Å²) in [5.41, 5.74) is 0.0387. The number of aromatic nitrogens is 1. The van der Waals surface area contributed by atoms with Gasteiger partial charge in [0.2, 0.25) is 0 Å². The maximum atomic E-state index is 9.08. The van der Waals surface area contributed by atoms with Crippen LogP contribution in [0.5, 0.6) is 11.5 Å². The molecule has 0 fully saturated rings. The van der Waals surface area contributed by atoms with Gasteiger partial charge in [-0.15, -0.1) is 0 Å². The lowest BCUT2D eigenvalue weighted by molar-refractivity contribution is 0.482. The van der Waals surface area contributed by atoms with Crippen molar-refractivity contribution < 1.29 is 4.74 Å². The third-order valence-electron chi connectivity index (χ3n) is 2.59. The van der Waals surface area contributed by atoms with Crippen molar-refractivity contribution >= 4 is 5.69 Å². The van der Waals surface area contributed by atoms with Crippen LogP contribution < -0.4 is 10.1 Å². The standard InChI is InChI=1S/C16H9N5O/c17-8-12(9-18)15(10-19)21-14-5-1-2-6-16(14)22-13-4-3-7-20-11-13/h1-7,11,21H. The number of anilines is 1. The number of nitrogens with zero attached hydrogens (tertiary/aromatic N) is 4. The Kier molecular flexibility index (Phi) is 4.70. The van der Waals surface area contributed by atoms with E-state index in [1.807, 2.05) is 0 Å². The highest BCUT2D eigenvalue weighted by Gasteiger charge is 2.10. The zero-order valence-corrected chi connectivity index (χ0v) is 11.3. The Morgan fingerprint density at radius 3 is 2.41 bits per heavy atom. The van der Waals surface area contributed by atoms with Crippen molar-refractivity contribution in [3.63, 3.8) is 0 Å². The Balaban J connectivity index is 2.34. The molecular formula is C16H9N5O. The van der Waals surface area contributed by atoms with E-state index < -0.39 is 0 Å². The number of hydrogen-bond donors (Lipinski definition) is 1. The van der Waals surface area contributed by atoms with Gasteiger partial charge in [-0.2, -0.15) is 15.8 Å². The minimum Gasteiger partial charge on any atom is -0.454 e. The molecule has 2 aromatic rings. The monoisotopic (exact) mass is 287 g/mol. The number of pyridine rings is 1. The number of para-hydroxylation sites is 2. The van der Waals surface area contributed by atoms with E-state index in [0.717, 1.165) is 0 Å². The van der Waals surface area contributed by atoms with Gasteiger partial charge < -0.3 is 10.1 Å². The molecule has 22 heavy (non-hydrogen) atoms. The molecule has 0 saturated carbocycles. The van der Waals surface area contributed by atoms with Gasteiger partial charge in [-0.25, -0.2) is 0 Å². The summed E-state index contributed by atoms with van der Waals surface area (Å²) >= 11 is 0. The van der Waals surface area contributed by atoms with Crippen LogP contribution >= 0.6 is 0 Å². The predicted molar refractivity (Wildman–Crippen MR) is 78.2 cm³/mol. The van der Waals surface area contributed by atoms with Crippen molar-refractivity contribution in [2.24, 2.45) is 0 Å². The third-order valence-corrected chi connectivity index (χ3v) is 2.59. The van der Waals surface area contributed by atoms with Gasteiger partial charge in [0.05, 0.1) is 11.9 Å². The van der Waals surface area contributed by atoms with Gasteiger partial charge in [-0.1, -0.05) is 12.1 Å². The molecule has 0 radical (unpaired) electrons. The van der Waals surface area contributed by atoms with Crippen molar-refractivity contribution in [2.45, 2.75) is 0 Å². The lowest BCUT2D eigenvalue weighted by Gasteiger charge is -2.11. The van der Waals surface area contributed by atoms with Gasteiger partial charge in [-0.3, -0.25) is 4.98 Å². The summed E-state index contributed by atoms with van der Waals surface area (Å²) in [4.78, 5) is 3.95. The second-order valence-electron chi connectivity index (χ2n) is 4.00. The lowest BCUT2D eigenvalue weighted by Crippen LogP contribution is -2.02. The Morgan fingerprint density at radius 2 is 1.77 bits per heavy atom. The number of allylic oxidation sites excluding steroid dienone is 2.